The van der Waals surface area contributed by atoms with E-state index in [1.54, 1.807) is 30.3 Å². The van der Waals surface area contributed by atoms with Crippen LogP contribution in [0.5, 0.6) is 23.0 Å². The average molecular weight is 507 g/mol. The first-order chi connectivity index (χ1) is 17.8. The Labute approximate surface area is 212 Å². The zero-order chi connectivity index (χ0) is 26.7. The number of benzene rings is 3. The van der Waals surface area contributed by atoms with E-state index in [2.05, 4.69) is 5.43 Å². The van der Waals surface area contributed by atoms with Gasteiger partial charge in [-0.3, -0.25) is 25.1 Å². The highest BCUT2D eigenvalue weighted by Crippen LogP contribution is 2.42. The smallest absolute Gasteiger partial charge is 0.269 e. The number of hydrogen-bond acceptors (Lipinski definition) is 8. The van der Waals surface area contributed by atoms with Gasteiger partial charge >= 0.3 is 0 Å². The molecule has 1 aliphatic rings. The number of non-ortho nitro benzene ring substituents is 1. The lowest BCUT2D eigenvalue weighted by Gasteiger charge is -2.37. The minimum absolute atomic E-state index is 0.0000185. The molecular weight excluding hydrogens is 482 g/mol. The van der Waals surface area contributed by atoms with Gasteiger partial charge in [-0.25, -0.2) is 5.01 Å². The highest BCUT2D eigenvalue weighted by Gasteiger charge is 2.37. The van der Waals surface area contributed by atoms with E-state index in [1.165, 1.54) is 57.7 Å². The second kappa shape index (κ2) is 10.4. The number of nitro benzene ring substituents is 1. The first-order valence-corrected chi connectivity index (χ1v) is 11.2. The van der Waals surface area contributed by atoms with Crippen molar-refractivity contribution >= 4 is 17.5 Å². The third kappa shape index (κ3) is 4.83. The zero-order valence-electron chi connectivity index (χ0n) is 20.6. The molecule has 1 atom stereocenters. The SMILES string of the molecule is COc1ccc(C2c3cc(OC)c(OC)cc3CC(=O)N2NC(=O)c2ccc([N+](=O)[O-])cc2)cc1OC. The number of hydrazine groups is 1. The molecule has 0 spiro atoms. The third-order valence-electron chi connectivity index (χ3n) is 6.09. The largest absolute Gasteiger partial charge is 0.493 e. The summed E-state index contributed by atoms with van der Waals surface area (Å²) in [5, 5.41) is 12.2. The summed E-state index contributed by atoms with van der Waals surface area (Å²) in [7, 11) is 6.05. The standard InChI is InChI=1S/C26H25N3O8/c1-34-20-10-7-16(11-21(20)35-2)25-19-14-23(37-4)22(36-3)12-17(19)13-24(30)28(25)27-26(31)15-5-8-18(9-6-15)29(32)33/h5-12,14,25H,13H2,1-4H3,(H,27,31). The van der Waals surface area contributed by atoms with Crippen LogP contribution in [0, 0.1) is 10.1 Å². The lowest BCUT2D eigenvalue weighted by molar-refractivity contribution is -0.384. The van der Waals surface area contributed by atoms with Crippen molar-refractivity contribution in [1.29, 1.82) is 0 Å². The van der Waals surface area contributed by atoms with Gasteiger partial charge < -0.3 is 18.9 Å². The van der Waals surface area contributed by atoms with Gasteiger partial charge in [0.25, 0.3) is 11.6 Å². The molecule has 1 unspecified atom stereocenters. The van der Waals surface area contributed by atoms with Crippen molar-refractivity contribution in [3.8, 4) is 23.0 Å². The van der Waals surface area contributed by atoms with Gasteiger partial charge in [-0.15, -0.1) is 0 Å². The van der Waals surface area contributed by atoms with Crippen molar-refractivity contribution in [2.45, 2.75) is 12.5 Å². The molecule has 0 saturated carbocycles. The average Bonchev–Trinajstić information content (AvgIpc) is 2.92. The molecule has 1 N–H and O–H groups in total. The number of fused-ring (bicyclic) bond motifs is 1. The number of amides is 2. The Balaban J connectivity index is 1.81. The first kappa shape index (κ1) is 25.3. The highest BCUT2D eigenvalue weighted by molar-refractivity contribution is 5.96. The van der Waals surface area contributed by atoms with Crippen LogP contribution >= 0.6 is 0 Å². The summed E-state index contributed by atoms with van der Waals surface area (Å²) in [4.78, 5) is 36.9. The van der Waals surface area contributed by atoms with Crippen molar-refractivity contribution in [1.82, 2.24) is 10.4 Å². The molecule has 11 nitrogen and oxygen atoms in total. The van der Waals surface area contributed by atoms with Crippen LogP contribution in [0.15, 0.2) is 54.6 Å². The number of hydrogen-bond donors (Lipinski definition) is 1. The van der Waals surface area contributed by atoms with E-state index in [-0.39, 0.29) is 23.6 Å². The minimum atomic E-state index is -0.752. The molecule has 0 aromatic heterocycles. The van der Waals surface area contributed by atoms with Crippen molar-refractivity contribution < 1.29 is 33.5 Å². The molecule has 0 aliphatic carbocycles. The van der Waals surface area contributed by atoms with Gasteiger partial charge in [0.1, 0.15) is 6.04 Å². The summed E-state index contributed by atoms with van der Waals surface area (Å²) >= 11 is 0. The van der Waals surface area contributed by atoms with E-state index in [0.717, 1.165) is 0 Å². The molecule has 192 valence electrons. The van der Waals surface area contributed by atoms with Crippen molar-refractivity contribution in [2.75, 3.05) is 28.4 Å². The first-order valence-electron chi connectivity index (χ1n) is 11.2. The molecule has 1 heterocycles. The van der Waals surface area contributed by atoms with Crippen molar-refractivity contribution in [3.63, 3.8) is 0 Å². The predicted octanol–water partition coefficient (Wildman–Crippen LogP) is 3.45. The number of nitrogens with zero attached hydrogens (tertiary/aromatic N) is 2. The summed E-state index contributed by atoms with van der Waals surface area (Å²) < 4.78 is 21.7. The van der Waals surface area contributed by atoms with Crippen LogP contribution in [0.1, 0.15) is 33.1 Å². The molecule has 3 aromatic carbocycles. The number of carbonyl (C=O) groups is 2. The maximum absolute atomic E-state index is 13.4. The number of carbonyl (C=O) groups excluding carboxylic acids is 2. The monoisotopic (exact) mass is 507 g/mol. The Morgan fingerprint density at radius 1 is 0.892 bits per heavy atom. The van der Waals surface area contributed by atoms with E-state index in [4.69, 9.17) is 18.9 Å². The van der Waals surface area contributed by atoms with E-state index in [0.29, 0.717) is 39.7 Å². The number of ether oxygens (including phenoxy) is 4. The predicted molar refractivity (Wildman–Crippen MR) is 132 cm³/mol. The molecule has 4 rings (SSSR count). The maximum Gasteiger partial charge on any atom is 0.269 e. The van der Waals surface area contributed by atoms with Gasteiger partial charge in [-0.2, -0.15) is 0 Å². The molecule has 1 aliphatic heterocycles. The Kier molecular flexibility index (Phi) is 7.14. The fraction of sp³-hybridized carbons (Fsp3) is 0.231. The number of rotatable bonds is 8. The molecule has 0 radical (unpaired) electrons. The van der Waals surface area contributed by atoms with Crippen molar-refractivity contribution in [3.05, 3.63) is 87.0 Å². The van der Waals surface area contributed by atoms with Crippen LogP contribution in [0.2, 0.25) is 0 Å². The summed E-state index contributed by atoms with van der Waals surface area (Å²) in [6.45, 7) is 0. The number of nitro groups is 1. The van der Waals surface area contributed by atoms with E-state index in [1.807, 2.05) is 0 Å². The molecule has 3 aromatic rings. The van der Waals surface area contributed by atoms with Gasteiger partial charge in [0.15, 0.2) is 23.0 Å². The molecular formula is C26H25N3O8. The Morgan fingerprint density at radius 2 is 1.49 bits per heavy atom. The van der Waals surface area contributed by atoms with Gasteiger partial charge in [0.05, 0.1) is 39.8 Å². The number of methoxy groups -OCH3 is 4. The second-order valence-electron chi connectivity index (χ2n) is 8.11. The molecule has 0 bridgehead atoms. The third-order valence-corrected chi connectivity index (χ3v) is 6.09. The minimum Gasteiger partial charge on any atom is -0.493 e. The molecule has 0 fully saturated rings. The second-order valence-corrected chi connectivity index (χ2v) is 8.11. The van der Waals surface area contributed by atoms with E-state index >= 15 is 0 Å². The topological polar surface area (TPSA) is 129 Å². The van der Waals surface area contributed by atoms with Gasteiger partial charge in [-0.05, 0) is 53.1 Å². The lowest BCUT2D eigenvalue weighted by atomic mass is 9.88. The Bertz CT molecular complexity index is 1360. The summed E-state index contributed by atoms with van der Waals surface area (Å²) in [6.07, 6.45) is 0.0000185. The summed E-state index contributed by atoms with van der Waals surface area (Å²) in [5.74, 6) is 0.919. The summed E-state index contributed by atoms with van der Waals surface area (Å²) in [6, 6.07) is 13.1. The maximum atomic E-state index is 13.4. The summed E-state index contributed by atoms with van der Waals surface area (Å²) in [5.41, 5.74) is 4.76. The molecule has 37 heavy (non-hydrogen) atoms. The molecule has 0 saturated heterocycles. The molecule has 2 amide bonds. The van der Waals surface area contributed by atoms with Crippen LogP contribution in [0.3, 0.4) is 0 Å². The van der Waals surface area contributed by atoms with Gasteiger partial charge in [-0.1, -0.05) is 6.07 Å². The van der Waals surface area contributed by atoms with Crippen molar-refractivity contribution in [2.24, 2.45) is 0 Å². The van der Waals surface area contributed by atoms with E-state index < -0.39 is 16.9 Å². The van der Waals surface area contributed by atoms with Gasteiger partial charge in [0, 0.05) is 17.7 Å². The Hall–Kier alpha value is -4.80. The van der Waals surface area contributed by atoms with Crippen LogP contribution < -0.4 is 24.4 Å². The van der Waals surface area contributed by atoms with Crippen LogP contribution in [0.25, 0.3) is 0 Å². The lowest BCUT2D eigenvalue weighted by Crippen LogP contribution is -2.51. The fourth-order valence-corrected chi connectivity index (χ4v) is 4.26. The van der Waals surface area contributed by atoms with Crippen LogP contribution in [-0.4, -0.2) is 50.2 Å². The normalized spacial score (nSPS) is 14.4. The Morgan fingerprint density at radius 3 is 2.08 bits per heavy atom. The fourth-order valence-electron chi connectivity index (χ4n) is 4.26. The number of nitrogens with one attached hydrogen (secondary N) is 1. The highest BCUT2D eigenvalue weighted by atomic mass is 16.6. The quantitative estimate of drug-likeness (QED) is 0.363. The van der Waals surface area contributed by atoms with Gasteiger partial charge in [0.2, 0.25) is 5.91 Å². The van der Waals surface area contributed by atoms with Crippen LogP contribution in [0.4, 0.5) is 5.69 Å². The van der Waals surface area contributed by atoms with E-state index in [9.17, 15) is 19.7 Å². The zero-order valence-corrected chi connectivity index (χ0v) is 20.6. The molecule has 11 heteroatoms. The van der Waals surface area contributed by atoms with Crippen LogP contribution in [-0.2, 0) is 11.2 Å².